The Labute approximate surface area is 98.1 Å². The first-order valence-electron chi connectivity index (χ1n) is 5.20. The number of aliphatic hydroxyl groups is 1. The number of aliphatic hydroxyl groups excluding tert-OH is 1. The number of nitrogens with one attached hydrogen (secondary N) is 1. The third-order valence-corrected chi connectivity index (χ3v) is 2.92. The second-order valence-corrected chi connectivity index (χ2v) is 4.38. The molecule has 6 heteroatoms. The van der Waals surface area contributed by atoms with E-state index in [0.717, 1.165) is 24.2 Å². The van der Waals surface area contributed by atoms with Crippen molar-refractivity contribution >= 4 is 17.3 Å². The Hall–Kier alpha value is -0.980. The van der Waals surface area contributed by atoms with Crippen LogP contribution < -0.4 is 5.32 Å². The number of rotatable bonds is 7. The molecule has 1 aromatic rings. The van der Waals surface area contributed by atoms with Gasteiger partial charge in [-0.2, -0.15) is 0 Å². The maximum absolute atomic E-state index is 10.6. The fraction of sp³-hybridized carbons (Fsp3) is 0.600. The molecule has 0 fully saturated rings. The number of hydrogen-bond donors (Lipinski definition) is 3. The number of carboxylic acids is 1. The van der Waals surface area contributed by atoms with E-state index in [1.807, 2.05) is 6.92 Å². The lowest BCUT2D eigenvalue weighted by Crippen LogP contribution is -2.26. The summed E-state index contributed by atoms with van der Waals surface area (Å²) >= 11 is 1.11. The summed E-state index contributed by atoms with van der Waals surface area (Å²) in [5, 5.41) is 23.0. The van der Waals surface area contributed by atoms with Gasteiger partial charge in [0, 0.05) is 18.5 Å². The van der Waals surface area contributed by atoms with Gasteiger partial charge in [0.15, 0.2) is 0 Å². The highest BCUT2D eigenvalue weighted by molar-refractivity contribution is 7.11. The first-order chi connectivity index (χ1) is 7.63. The molecule has 1 unspecified atom stereocenters. The van der Waals surface area contributed by atoms with E-state index in [1.165, 1.54) is 0 Å². The lowest BCUT2D eigenvalue weighted by molar-refractivity contribution is 0.0696. The third-order valence-electron chi connectivity index (χ3n) is 2.04. The van der Waals surface area contributed by atoms with Crippen LogP contribution in [0.15, 0.2) is 5.38 Å². The number of thiazole rings is 1. The summed E-state index contributed by atoms with van der Waals surface area (Å²) in [6.45, 7) is 3.01. The third kappa shape index (κ3) is 4.26. The lowest BCUT2D eigenvalue weighted by Gasteiger charge is -2.09. The van der Waals surface area contributed by atoms with Crippen LogP contribution in [0.1, 0.15) is 35.3 Å². The molecular formula is C10H16N2O3S. The maximum atomic E-state index is 10.6. The molecule has 1 atom stereocenters. The van der Waals surface area contributed by atoms with Crippen molar-refractivity contribution in [3.05, 3.63) is 16.1 Å². The quantitative estimate of drug-likeness (QED) is 0.669. The molecule has 3 N–H and O–H groups in total. The van der Waals surface area contributed by atoms with Crippen molar-refractivity contribution in [3.8, 4) is 0 Å². The molecule has 1 heterocycles. The average Bonchev–Trinajstić information content (AvgIpc) is 2.67. The topological polar surface area (TPSA) is 82.5 Å². The van der Waals surface area contributed by atoms with Gasteiger partial charge < -0.3 is 15.5 Å². The van der Waals surface area contributed by atoms with Crippen LogP contribution in [0.2, 0.25) is 0 Å². The predicted molar refractivity (Wildman–Crippen MR) is 61.7 cm³/mol. The zero-order valence-electron chi connectivity index (χ0n) is 9.14. The summed E-state index contributed by atoms with van der Waals surface area (Å²) in [6, 6.07) is 0. The molecule has 0 bridgehead atoms. The maximum Gasteiger partial charge on any atom is 0.365 e. The molecule has 0 saturated carbocycles. The Bertz CT molecular complexity index is 341. The van der Waals surface area contributed by atoms with Crippen LogP contribution >= 0.6 is 11.3 Å². The summed E-state index contributed by atoms with van der Waals surface area (Å²) in [4.78, 5) is 14.5. The van der Waals surface area contributed by atoms with E-state index in [0.29, 0.717) is 18.8 Å². The molecule has 0 aliphatic carbocycles. The van der Waals surface area contributed by atoms with E-state index < -0.39 is 5.97 Å². The second-order valence-electron chi connectivity index (χ2n) is 3.52. The lowest BCUT2D eigenvalue weighted by atomic mass is 10.2. The SMILES string of the molecule is CCCC(O)CNCc1csc(C(=O)O)n1. The average molecular weight is 244 g/mol. The molecule has 0 spiro atoms. The van der Waals surface area contributed by atoms with E-state index in [1.54, 1.807) is 5.38 Å². The molecule has 0 aliphatic heterocycles. The van der Waals surface area contributed by atoms with Gasteiger partial charge in [-0.25, -0.2) is 9.78 Å². The number of nitrogens with zero attached hydrogens (tertiary/aromatic N) is 1. The molecule has 0 radical (unpaired) electrons. The largest absolute Gasteiger partial charge is 0.476 e. The van der Waals surface area contributed by atoms with Gasteiger partial charge >= 0.3 is 5.97 Å². The number of aromatic carboxylic acids is 1. The number of hydrogen-bond acceptors (Lipinski definition) is 5. The summed E-state index contributed by atoms with van der Waals surface area (Å²) < 4.78 is 0. The monoisotopic (exact) mass is 244 g/mol. The highest BCUT2D eigenvalue weighted by Gasteiger charge is 2.08. The molecule has 1 aromatic heterocycles. The van der Waals surface area contributed by atoms with Gasteiger partial charge in [0.05, 0.1) is 11.8 Å². The molecule has 0 aromatic carbocycles. The van der Waals surface area contributed by atoms with Crippen molar-refractivity contribution in [2.45, 2.75) is 32.4 Å². The molecule has 0 saturated heterocycles. The van der Waals surface area contributed by atoms with Crippen LogP contribution in [0.25, 0.3) is 0 Å². The fourth-order valence-corrected chi connectivity index (χ4v) is 1.94. The Kier molecular flexibility index (Phi) is 5.37. The summed E-state index contributed by atoms with van der Waals surface area (Å²) in [5.74, 6) is -0.998. The molecular weight excluding hydrogens is 228 g/mol. The van der Waals surface area contributed by atoms with E-state index >= 15 is 0 Å². The fourth-order valence-electron chi connectivity index (χ4n) is 1.29. The Morgan fingerprint density at radius 2 is 2.44 bits per heavy atom. The van der Waals surface area contributed by atoms with Gasteiger partial charge in [0.25, 0.3) is 0 Å². The van der Waals surface area contributed by atoms with E-state index in [-0.39, 0.29) is 11.1 Å². The van der Waals surface area contributed by atoms with Crippen LogP contribution in [0.3, 0.4) is 0 Å². The number of aromatic nitrogens is 1. The first-order valence-corrected chi connectivity index (χ1v) is 6.08. The Morgan fingerprint density at radius 3 is 3.00 bits per heavy atom. The van der Waals surface area contributed by atoms with Gasteiger partial charge in [0.1, 0.15) is 0 Å². The van der Waals surface area contributed by atoms with Crippen molar-refractivity contribution in [1.29, 1.82) is 0 Å². The van der Waals surface area contributed by atoms with Crippen LogP contribution in [0.5, 0.6) is 0 Å². The summed E-state index contributed by atoms with van der Waals surface area (Å²) in [5.41, 5.74) is 0.700. The van der Waals surface area contributed by atoms with Crippen molar-refractivity contribution in [2.75, 3.05) is 6.54 Å². The smallest absolute Gasteiger partial charge is 0.365 e. The molecule has 5 nitrogen and oxygen atoms in total. The van der Waals surface area contributed by atoms with E-state index in [9.17, 15) is 9.90 Å². The normalized spacial score (nSPS) is 12.6. The molecule has 0 aliphatic rings. The van der Waals surface area contributed by atoms with Gasteiger partial charge in [-0.15, -0.1) is 11.3 Å². The number of carbonyl (C=O) groups is 1. The van der Waals surface area contributed by atoms with Gasteiger partial charge in [-0.3, -0.25) is 0 Å². The Balaban J connectivity index is 2.29. The standard InChI is InChI=1S/C10H16N2O3S/c1-2-3-8(13)5-11-4-7-6-16-9(12-7)10(14)15/h6,8,11,13H,2-5H2,1H3,(H,14,15). The molecule has 0 amide bonds. The van der Waals surface area contributed by atoms with Gasteiger partial charge in [-0.05, 0) is 6.42 Å². The van der Waals surface area contributed by atoms with Crippen molar-refractivity contribution < 1.29 is 15.0 Å². The van der Waals surface area contributed by atoms with Crippen LogP contribution in [0.4, 0.5) is 0 Å². The first kappa shape index (κ1) is 13.1. The van der Waals surface area contributed by atoms with E-state index in [4.69, 9.17) is 5.11 Å². The minimum atomic E-state index is -0.998. The van der Waals surface area contributed by atoms with E-state index in [2.05, 4.69) is 10.3 Å². The summed E-state index contributed by atoms with van der Waals surface area (Å²) in [7, 11) is 0. The van der Waals surface area contributed by atoms with Crippen molar-refractivity contribution in [1.82, 2.24) is 10.3 Å². The highest BCUT2D eigenvalue weighted by atomic mass is 32.1. The minimum Gasteiger partial charge on any atom is -0.476 e. The van der Waals surface area contributed by atoms with Crippen molar-refractivity contribution in [3.63, 3.8) is 0 Å². The molecule has 1 rings (SSSR count). The van der Waals surface area contributed by atoms with Gasteiger partial charge in [0.2, 0.25) is 5.01 Å². The summed E-state index contributed by atoms with van der Waals surface area (Å²) in [6.07, 6.45) is 1.37. The van der Waals surface area contributed by atoms with Crippen LogP contribution in [0, 0.1) is 0 Å². The highest BCUT2D eigenvalue weighted by Crippen LogP contribution is 2.09. The van der Waals surface area contributed by atoms with Crippen LogP contribution in [-0.4, -0.2) is 33.8 Å². The minimum absolute atomic E-state index is 0.103. The predicted octanol–water partition coefficient (Wildman–Crippen LogP) is 1.09. The molecule has 90 valence electrons. The zero-order chi connectivity index (χ0) is 12.0. The van der Waals surface area contributed by atoms with Crippen LogP contribution in [-0.2, 0) is 6.54 Å². The Morgan fingerprint density at radius 1 is 1.69 bits per heavy atom. The van der Waals surface area contributed by atoms with Crippen molar-refractivity contribution in [2.24, 2.45) is 0 Å². The van der Waals surface area contributed by atoms with Gasteiger partial charge in [-0.1, -0.05) is 13.3 Å². The second kappa shape index (κ2) is 6.57. The zero-order valence-corrected chi connectivity index (χ0v) is 9.96. The number of carboxylic acid groups (broad SMARTS) is 1. The molecule has 16 heavy (non-hydrogen) atoms.